The van der Waals surface area contributed by atoms with E-state index in [1.165, 1.54) is 0 Å². The van der Waals surface area contributed by atoms with E-state index >= 15 is 0 Å². The van der Waals surface area contributed by atoms with Gasteiger partial charge in [0.25, 0.3) is 0 Å². The maximum Gasteiger partial charge on any atom is 0.115 e. The molecule has 0 fully saturated rings. The fourth-order valence-corrected chi connectivity index (χ4v) is 1.88. The second kappa shape index (κ2) is 5.79. The van der Waals surface area contributed by atoms with Crippen molar-refractivity contribution in [2.45, 2.75) is 0 Å². The van der Waals surface area contributed by atoms with Gasteiger partial charge in [-0.3, -0.25) is 0 Å². The predicted molar refractivity (Wildman–Crippen MR) is 78.1 cm³/mol. The number of phenols is 1. The third-order valence-corrected chi connectivity index (χ3v) is 3.29. The number of nitriles is 1. The summed E-state index contributed by atoms with van der Waals surface area (Å²) in [6.45, 7) is 0. The molecule has 2 rings (SSSR count). The van der Waals surface area contributed by atoms with E-state index in [9.17, 15) is 10.4 Å². The zero-order chi connectivity index (χ0) is 13.8. The Morgan fingerprint density at radius 1 is 1.05 bits per heavy atom. The summed E-state index contributed by atoms with van der Waals surface area (Å²) in [6.07, 6.45) is 1.72. The monoisotopic (exact) mass is 289 g/mol. The molecule has 0 heterocycles. The lowest BCUT2D eigenvalue weighted by Gasteiger charge is -2.02. The summed E-state index contributed by atoms with van der Waals surface area (Å²) in [5, 5.41) is 19.3. The maximum absolute atomic E-state index is 9.21. The molecule has 2 nitrogen and oxygen atoms in total. The highest BCUT2D eigenvalue weighted by atomic mass is 35.5. The zero-order valence-electron chi connectivity index (χ0n) is 9.77. The highest BCUT2D eigenvalue weighted by Gasteiger charge is 2.04. The van der Waals surface area contributed by atoms with Gasteiger partial charge < -0.3 is 5.11 Å². The van der Waals surface area contributed by atoms with Crippen molar-refractivity contribution in [1.82, 2.24) is 0 Å². The van der Waals surface area contributed by atoms with E-state index < -0.39 is 0 Å². The second-order valence-electron chi connectivity index (χ2n) is 3.89. The first-order valence-electron chi connectivity index (χ1n) is 5.46. The van der Waals surface area contributed by atoms with Crippen molar-refractivity contribution in [1.29, 1.82) is 5.26 Å². The molecule has 2 aromatic carbocycles. The van der Waals surface area contributed by atoms with Crippen LogP contribution in [0.5, 0.6) is 5.75 Å². The van der Waals surface area contributed by atoms with Gasteiger partial charge in [0.15, 0.2) is 0 Å². The van der Waals surface area contributed by atoms with Gasteiger partial charge in [0.1, 0.15) is 5.75 Å². The molecule has 0 saturated heterocycles. The summed E-state index contributed by atoms with van der Waals surface area (Å²) in [6, 6.07) is 13.8. The van der Waals surface area contributed by atoms with E-state index in [2.05, 4.69) is 6.07 Å². The van der Waals surface area contributed by atoms with Crippen LogP contribution in [0.1, 0.15) is 11.1 Å². The van der Waals surface area contributed by atoms with Crippen molar-refractivity contribution in [3.8, 4) is 11.8 Å². The molecule has 0 bridgehead atoms. The average molecular weight is 290 g/mol. The van der Waals surface area contributed by atoms with E-state index in [0.29, 0.717) is 21.2 Å². The normalized spacial score (nSPS) is 11.1. The summed E-state index contributed by atoms with van der Waals surface area (Å²) in [5.41, 5.74) is 2.00. The van der Waals surface area contributed by atoms with Crippen molar-refractivity contribution < 1.29 is 5.11 Å². The summed E-state index contributed by atoms with van der Waals surface area (Å²) in [5.74, 6) is 0.185. The lowest BCUT2D eigenvalue weighted by Crippen LogP contribution is -1.83. The molecule has 0 aliphatic rings. The van der Waals surface area contributed by atoms with Gasteiger partial charge in [-0.1, -0.05) is 41.4 Å². The molecule has 19 heavy (non-hydrogen) atoms. The number of phenolic OH excluding ortho intramolecular Hbond substituents is 1. The minimum absolute atomic E-state index is 0.185. The molecule has 0 aliphatic carbocycles. The van der Waals surface area contributed by atoms with Gasteiger partial charge in [-0.25, -0.2) is 0 Å². The predicted octanol–water partition coefficient (Wildman–Crippen LogP) is 4.76. The maximum atomic E-state index is 9.21. The topological polar surface area (TPSA) is 44.0 Å². The van der Waals surface area contributed by atoms with Crippen LogP contribution in [0.25, 0.3) is 11.6 Å². The van der Waals surface area contributed by atoms with Gasteiger partial charge in [0.05, 0.1) is 21.7 Å². The number of benzene rings is 2. The van der Waals surface area contributed by atoms with Crippen LogP contribution in [0.3, 0.4) is 0 Å². The SMILES string of the molecule is N#C/C(=C/c1ccc(O)cc1)c1ccc(Cl)c(Cl)c1. The van der Waals surface area contributed by atoms with Gasteiger partial charge in [-0.15, -0.1) is 0 Å². The molecule has 4 heteroatoms. The summed E-state index contributed by atoms with van der Waals surface area (Å²) in [7, 11) is 0. The molecule has 0 aromatic heterocycles. The number of rotatable bonds is 2. The van der Waals surface area contributed by atoms with Crippen LogP contribution in [-0.2, 0) is 0 Å². The van der Waals surface area contributed by atoms with Crippen LogP contribution in [0.4, 0.5) is 0 Å². The largest absolute Gasteiger partial charge is 0.508 e. The van der Waals surface area contributed by atoms with Crippen LogP contribution in [-0.4, -0.2) is 5.11 Å². The average Bonchev–Trinajstić information content (AvgIpc) is 2.41. The first kappa shape index (κ1) is 13.5. The van der Waals surface area contributed by atoms with Gasteiger partial charge in [0, 0.05) is 0 Å². The Hall–Kier alpha value is -1.95. The molecule has 0 aliphatic heterocycles. The Morgan fingerprint density at radius 2 is 1.74 bits per heavy atom. The summed E-state index contributed by atoms with van der Waals surface area (Å²) >= 11 is 11.8. The molecule has 0 unspecified atom stereocenters. The number of aromatic hydroxyl groups is 1. The molecular weight excluding hydrogens is 281 g/mol. The molecule has 2 aromatic rings. The van der Waals surface area contributed by atoms with Crippen molar-refractivity contribution in [2.75, 3.05) is 0 Å². The molecule has 0 amide bonds. The number of allylic oxidation sites excluding steroid dienone is 1. The molecule has 0 saturated carbocycles. The quantitative estimate of drug-likeness (QED) is 0.640. The highest BCUT2D eigenvalue weighted by molar-refractivity contribution is 6.42. The number of nitrogens with zero attached hydrogens (tertiary/aromatic N) is 1. The van der Waals surface area contributed by atoms with Crippen molar-refractivity contribution in [3.05, 3.63) is 63.6 Å². The zero-order valence-corrected chi connectivity index (χ0v) is 11.3. The minimum atomic E-state index is 0.185. The van der Waals surface area contributed by atoms with E-state index in [4.69, 9.17) is 23.2 Å². The van der Waals surface area contributed by atoms with E-state index in [1.54, 1.807) is 48.5 Å². The standard InChI is InChI=1S/C15H9Cl2NO/c16-14-6-3-11(8-15(14)17)12(9-18)7-10-1-4-13(19)5-2-10/h1-8,19H/b12-7-. The lowest BCUT2D eigenvalue weighted by molar-refractivity contribution is 0.475. The Kier molecular flexibility index (Phi) is 4.11. The van der Waals surface area contributed by atoms with Crippen molar-refractivity contribution >= 4 is 34.9 Å². The Balaban J connectivity index is 2.42. The number of hydrogen-bond donors (Lipinski definition) is 1. The third-order valence-electron chi connectivity index (χ3n) is 2.56. The van der Waals surface area contributed by atoms with Crippen LogP contribution in [0.2, 0.25) is 10.0 Å². The molecule has 94 valence electrons. The Morgan fingerprint density at radius 3 is 2.32 bits per heavy atom. The number of hydrogen-bond acceptors (Lipinski definition) is 2. The number of halogens is 2. The van der Waals surface area contributed by atoms with Crippen molar-refractivity contribution in [3.63, 3.8) is 0 Å². The van der Waals surface area contributed by atoms with Crippen LogP contribution < -0.4 is 0 Å². The van der Waals surface area contributed by atoms with Gasteiger partial charge in [-0.05, 0) is 41.5 Å². The van der Waals surface area contributed by atoms with E-state index in [-0.39, 0.29) is 5.75 Å². The molecule has 0 radical (unpaired) electrons. The first-order valence-corrected chi connectivity index (χ1v) is 6.22. The fraction of sp³-hybridized carbons (Fsp3) is 0. The lowest BCUT2D eigenvalue weighted by atomic mass is 10.0. The third kappa shape index (κ3) is 3.29. The summed E-state index contributed by atoms with van der Waals surface area (Å²) < 4.78 is 0. The Labute approximate surface area is 121 Å². The smallest absolute Gasteiger partial charge is 0.115 e. The fourth-order valence-electron chi connectivity index (χ4n) is 1.58. The van der Waals surface area contributed by atoms with Crippen LogP contribution >= 0.6 is 23.2 Å². The minimum Gasteiger partial charge on any atom is -0.508 e. The van der Waals surface area contributed by atoms with E-state index in [0.717, 1.165) is 5.56 Å². The highest BCUT2D eigenvalue weighted by Crippen LogP contribution is 2.27. The molecular formula is C15H9Cl2NO. The van der Waals surface area contributed by atoms with Gasteiger partial charge in [-0.2, -0.15) is 5.26 Å². The molecule has 0 spiro atoms. The summed E-state index contributed by atoms with van der Waals surface area (Å²) in [4.78, 5) is 0. The second-order valence-corrected chi connectivity index (χ2v) is 4.70. The van der Waals surface area contributed by atoms with Gasteiger partial charge >= 0.3 is 0 Å². The van der Waals surface area contributed by atoms with Crippen LogP contribution in [0, 0.1) is 11.3 Å². The van der Waals surface area contributed by atoms with Crippen molar-refractivity contribution in [2.24, 2.45) is 0 Å². The molecule has 0 atom stereocenters. The first-order chi connectivity index (χ1) is 9.10. The Bertz CT molecular complexity index is 670. The van der Waals surface area contributed by atoms with Gasteiger partial charge in [0.2, 0.25) is 0 Å². The van der Waals surface area contributed by atoms with Crippen LogP contribution in [0.15, 0.2) is 42.5 Å². The van der Waals surface area contributed by atoms with E-state index in [1.807, 2.05) is 0 Å². The molecule has 1 N–H and O–H groups in total.